The summed E-state index contributed by atoms with van der Waals surface area (Å²) < 4.78 is 5.07. The number of hydrogen-bond donors (Lipinski definition) is 0. The van der Waals surface area contributed by atoms with Crippen LogP contribution >= 0.6 is 0 Å². The van der Waals surface area contributed by atoms with Crippen LogP contribution in [0.25, 0.3) is 0 Å². The van der Waals surface area contributed by atoms with Gasteiger partial charge in [-0.1, -0.05) is 66.2 Å². The molecular formula is C17H34O2. The van der Waals surface area contributed by atoms with E-state index in [-0.39, 0.29) is 5.97 Å². The third-order valence-corrected chi connectivity index (χ3v) is 3.76. The largest absolute Gasteiger partial charge is 0.466 e. The molecule has 0 spiro atoms. The number of rotatable bonds is 12. The molecule has 0 bridgehead atoms. The van der Waals surface area contributed by atoms with Crippen LogP contribution < -0.4 is 0 Å². The molecule has 0 radical (unpaired) electrons. The molecule has 0 saturated heterocycles. The lowest BCUT2D eigenvalue weighted by Crippen LogP contribution is -2.11. The van der Waals surface area contributed by atoms with Crippen molar-refractivity contribution >= 4 is 5.97 Å². The topological polar surface area (TPSA) is 26.3 Å². The molecule has 0 aromatic heterocycles. The zero-order valence-electron chi connectivity index (χ0n) is 13.6. The van der Waals surface area contributed by atoms with Crippen molar-refractivity contribution in [2.45, 2.75) is 91.9 Å². The first-order valence-corrected chi connectivity index (χ1v) is 8.17. The predicted molar refractivity (Wildman–Crippen MR) is 82.3 cm³/mol. The van der Waals surface area contributed by atoms with Crippen molar-refractivity contribution in [3.05, 3.63) is 0 Å². The summed E-state index contributed by atoms with van der Waals surface area (Å²) in [6.07, 6.45) is 12.0. The minimum absolute atomic E-state index is 0.0722. The average Bonchev–Trinajstić information content (AvgIpc) is 2.37. The number of unbranched alkanes of at least 4 members (excludes halogenated alkanes) is 5. The highest BCUT2D eigenvalue weighted by atomic mass is 16.5. The van der Waals surface area contributed by atoms with Gasteiger partial charge in [-0.25, -0.2) is 0 Å². The van der Waals surface area contributed by atoms with Gasteiger partial charge < -0.3 is 4.74 Å². The van der Waals surface area contributed by atoms with Gasteiger partial charge in [-0.2, -0.15) is 0 Å². The van der Waals surface area contributed by atoms with Gasteiger partial charge in [-0.3, -0.25) is 4.79 Å². The first-order chi connectivity index (χ1) is 9.02. The molecule has 0 heterocycles. The van der Waals surface area contributed by atoms with Crippen molar-refractivity contribution in [3.8, 4) is 0 Å². The van der Waals surface area contributed by atoms with Crippen molar-refractivity contribution in [3.63, 3.8) is 0 Å². The van der Waals surface area contributed by atoms with Gasteiger partial charge in [-0.05, 0) is 24.7 Å². The number of carbonyl (C=O) groups excluding carboxylic acids is 1. The zero-order valence-corrected chi connectivity index (χ0v) is 13.6. The van der Waals surface area contributed by atoms with E-state index in [9.17, 15) is 4.79 Å². The third kappa shape index (κ3) is 12.3. The molecule has 0 rings (SSSR count). The standard InChI is InChI=1S/C17H34O2/c1-5-7-10-13-17(3,4)14-11-8-9-12-15-19-16(18)6-2/h5-15H2,1-4H3. The summed E-state index contributed by atoms with van der Waals surface area (Å²) in [7, 11) is 0. The lowest BCUT2D eigenvalue weighted by molar-refractivity contribution is -0.143. The number of ether oxygens (including phenoxy) is 1. The summed E-state index contributed by atoms with van der Waals surface area (Å²) in [6, 6.07) is 0. The van der Waals surface area contributed by atoms with Crippen molar-refractivity contribution in [1.82, 2.24) is 0 Å². The van der Waals surface area contributed by atoms with E-state index in [1.165, 1.54) is 51.4 Å². The van der Waals surface area contributed by atoms with Gasteiger partial charge in [0.25, 0.3) is 0 Å². The molecule has 2 nitrogen and oxygen atoms in total. The minimum atomic E-state index is -0.0722. The number of carbonyl (C=O) groups is 1. The van der Waals surface area contributed by atoms with E-state index in [1.807, 2.05) is 6.92 Å². The molecule has 0 aliphatic rings. The number of esters is 1. The fraction of sp³-hybridized carbons (Fsp3) is 0.941. The Hall–Kier alpha value is -0.530. The summed E-state index contributed by atoms with van der Waals surface area (Å²) in [5.41, 5.74) is 0.504. The summed E-state index contributed by atoms with van der Waals surface area (Å²) in [4.78, 5) is 10.9. The Labute approximate surface area is 120 Å². The molecule has 2 heteroatoms. The van der Waals surface area contributed by atoms with E-state index in [4.69, 9.17) is 4.74 Å². The maximum absolute atomic E-state index is 10.9. The first-order valence-electron chi connectivity index (χ1n) is 8.17. The third-order valence-electron chi connectivity index (χ3n) is 3.76. The molecule has 0 atom stereocenters. The molecule has 0 amide bonds. The van der Waals surface area contributed by atoms with Gasteiger partial charge in [0.2, 0.25) is 0 Å². The second-order valence-corrected chi connectivity index (χ2v) is 6.36. The van der Waals surface area contributed by atoms with Crippen LogP contribution in [0.5, 0.6) is 0 Å². The van der Waals surface area contributed by atoms with E-state index in [1.54, 1.807) is 0 Å². The van der Waals surface area contributed by atoms with Gasteiger partial charge in [-0.15, -0.1) is 0 Å². The summed E-state index contributed by atoms with van der Waals surface area (Å²) in [5, 5.41) is 0. The molecule has 114 valence electrons. The molecule has 0 aliphatic carbocycles. The molecule has 0 fully saturated rings. The van der Waals surface area contributed by atoms with Crippen molar-refractivity contribution in [2.75, 3.05) is 6.61 Å². The van der Waals surface area contributed by atoms with Gasteiger partial charge >= 0.3 is 5.97 Å². The van der Waals surface area contributed by atoms with Gasteiger partial charge in [0.05, 0.1) is 6.61 Å². The van der Waals surface area contributed by atoms with Crippen LogP contribution in [0.1, 0.15) is 91.9 Å². The zero-order chi connectivity index (χ0) is 14.6. The smallest absolute Gasteiger partial charge is 0.305 e. The Kier molecular flexibility index (Phi) is 11.0. The second kappa shape index (κ2) is 11.3. The highest BCUT2D eigenvalue weighted by Gasteiger charge is 2.16. The molecule has 0 aromatic rings. The van der Waals surface area contributed by atoms with Gasteiger partial charge in [0.1, 0.15) is 0 Å². The van der Waals surface area contributed by atoms with Crippen LogP contribution in [0.3, 0.4) is 0 Å². The Bertz CT molecular complexity index is 221. The van der Waals surface area contributed by atoms with Gasteiger partial charge in [0, 0.05) is 6.42 Å². The average molecular weight is 270 g/mol. The summed E-state index contributed by atoms with van der Waals surface area (Å²) in [6.45, 7) is 9.49. The van der Waals surface area contributed by atoms with Crippen LogP contribution in [-0.4, -0.2) is 12.6 Å². The maximum atomic E-state index is 10.9. The van der Waals surface area contributed by atoms with Crippen molar-refractivity contribution in [2.24, 2.45) is 5.41 Å². The van der Waals surface area contributed by atoms with Crippen LogP contribution in [-0.2, 0) is 9.53 Å². The van der Waals surface area contributed by atoms with Crippen LogP contribution in [0.4, 0.5) is 0 Å². The minimum Gasteiger partial charge on any atom is -0.466 e. The van der Waals surface area contributed by atoms with Crippen LogP contribution in [0.2, 0.25) is 0 Å². The number of hydrogen-bond acceptors (Lipinski definition) is 2. The van der Waals surface area contributed by atoms with Crippen LogP contribution in [0.15, 0.2) is 0 Å². The first kappa shape index (κ1) is 18.5. The summed E-state index contributed by atoms with van der Waals surface area (Å²) >= 11 is 0. The Balaban J connectivity index is 3.39. The Morgan fingerprint density at radius 2 is 1.47 bits per heavy atom. The molecular weight excluding hydrogens is 236 g/mol. The second-order valence-electron chi connectivity index (χ2n) is 6.36. The normalized spacial score (nSPS) is 11.6. The highest BCUT2D eigenvalue weighted by molar-refractivity contribution is 5.68. The monoisotopic (exact) mass is 270 g/mol. The molecule has 0 unspecified atom stereocenters. The van der Waals surface area contributed by atoms with Crippen molar-refractivity contribution < 1.29 is 9.53 Å². The molecule has 19 heavy (non-hydrogen) atoms. The van der Waals surface area contributed by atoms with E-state index >= 15 is 0 Å². The van der Waals surface area contributed by atoms with E-state index < -0.39 is 0 Å². The van der Waals surface area contributed by atoms with Gasteiger partial charge in [0.15, 0.2) is 0 Å². The SMILES string of the molecule is CCCCCC(C)(C)CCCCCCOC(=O)CC. The van der Waals surface area contributed by atoms with E-state index in [2.05, 4.69) is 20.8 Å². The Morgan fingerprint density at radius 3 is 2.05 bits per heavy atom. The predicted octanol–water partition coefficient (Wildman–Crippen LogP) is 5.50. The fourth-order valence-electron chi connectivity index (χ4n) is 2.33. The lowest BCUT2D eigenvalue weighted by Gasteiger charge is -2.24. The van der Waals surface area contributed by atoms with Crippen LogP contribution in [0, 0.1) is 5.41 Å². The van der Waals surface area contributed by atoms with E-state index in [0.29, 0.717) is 18.4 Å². The highest BCUT2D eigenvalue weighted by Crippen LogP contribution is 2.30. The lowest BCUT2D eigenvalue weighted by atomic mass is 9.82. The molecule has 0 N–H and O–H groups in total. The maximum Gasteiger partial charge on any atom is 0.305 e. The fourth-order valence-corrected chi connectivity index (χ4v) is 2.33. The Morgan fingerprint density at radius 1 is 0.895 bits per heavy atom. The summed E-state index contributed by atoms with van der Waals surface area (Å²) in [5.74, 6) is -0.0722. The molecule has 0 aromatic carbocycles. The quantitative estimate of drug-likeness (QED) is 0.346. The molecule has 0 aliphatic heterocycles. The van der Waals surface area contributed by atoms with Crippen molar-refractivity contribution in [1.29, 1.82) is 0 Å². The van der Waals surface area contributed by atoms with E-state index in [0.717, 1.165) is 6.42 Å². The molecule has 0 saturated carbocycles.